The van der Waals surface area contributed by atoms with E-state index >= 15 is 0 Å². The lowest BCUT2D eigenvalue weighted by Crippen LogP contribution is -2.31. The highest BCUT2D eigenvalue weighted by Gasteiger charge is 2.35. The van der Waals surface area contributed by atoms with E-state index in [1.807, 2.05) is 0 Å². The summed E-state index contributed by atoms with van der Waals surface area (Å²) in [6, 6.07) is 0. The van der Waals surface area contributed by atoms with Crippen LogP contribution >= 0.6 is 0 Å². The molecule has 3 aliphatic rings. The average molecular weight is 280 g/mol. The second-order valence-electron chi connectivity index (χ2n) is 8.24. The summed E-state index contributed by atoms with van der Waals surface area (Å²) in [6.07, 6.45) is 15.7. The van der Waals surface area contributed by atoms with Crippen molar-refractivity contribution in [3.8, 4) is 0 Å². The third kappa shape index (κ3) is 3.57. The zero-order chi connectivity index (χ0) is 13.9. The predicted molar refractivity (Wildman–Crippen MR) is 83.4 cm³/mol. The quantitative estimate of drug-likeness (QED) is 0.569. The van der Waals surface area contributed by atoms with Crippen molar-refractivity contribution >= 4 is 0 Å². The van der Waals surface area contributed by atoms with Crippen molar-refractivity contribution in [3.63, 3.8) is 0 Å². The summed E-state index contributed by atoms with van der Waals surface area (Å²) in [7, 11) is 0. The van der Waals surface area contributed by atoms with E-state index in [0.29, 0.717) is 11.8 Å². The first-order valence-electron chi connectivity index (χ1n) is 9.36. The topological polar surface area (TPSA) is 0 Å². The first kappa shape index (κ1) is 14.9. The van der Waals surface area contributed by atoms with E-state index in [4.69, 9.17) is 0 Å². The van der Waals surface area contributed by atoms with Gasteiger partial charge in [-0.05, 0) is 74.5 Å². The van der Waals surface area contributed by atoms with Crippen LogP contribution in [0.5, 0.6) is 0 Å². The van der Waals surface area contributed by atoms with Gasteiger partial charge in [0.25, 0.3) is 0 Å². The van der Waals surface area contributed by atoms with Gasteiger partial charge in [-0.2, -0.15) is 0 Å². The Morgan fingerprint density at radius 2 is 1.15 bits per heavy atom. The van der Waals surface area contributed by atoms with Crippen LogP contribution in [0.25, 0.3) is 0 Å². The van der Waals surface area contributed by atoms with Crippen LogP contribution in [0.3, 0.4) is 0 Å². The molecule has 0 aromatic rings. The SMILES string of the molecule is CC1CC(F)CC(C2CCC(C3CCCCC3)CC2)C1. The Morgan fingerprint density at radius 3 is 1.75 bits per heavy atom. The van der Waals surface area contributed by atoms with E-state index in [1.54, 1.807) is 0 Å². The molecule has 0 aliphatic heterocycles. The van der Waals surface area contributed by atoms with E-state index in [0.717, 1.165) is 30.6 Å². The molecule has 0 aromatic carbocycles. The summed E-state index contributed by atoms with van der Waals surface area (Å²) in [5.74, 6) is 4.26. The Labute approximate surface area is 124 Å². The second-order valence-corrected chi connectivity index (χ2v) is 8.24. The molecule has 0 amide bonds. The lowest BCUT2D eigenvalue weighted by molar-refractivity contribution is 0.0771. The van der Waals surface area contributed by atoms with Gasteiger partial charge < -0.3 is 0 Å². The second kappa shape index (κ2) is 6.79. The normalized spacial score (nSPS) is 44.4. The fraction of sp³-hybridized carbons (Fsp3) is 1.00. The molecule has 0 aromatic heterocycles. The summed E-state index contributed by atoms with van der Waals surface area (Å²) in [6.45, 7) is 2.26. The molecule has 0 bridgehead atoms. The molecule has 0 saturated heterocycles. The molecular weight excluding hydrogens is 247 g/mol. The molecule has 0 spiro atoms. The highest BCUT2D eigenvalue weighted by Crippen LogP contribution is 2.45. The molecule has 3 saturated carbocycles. The van der Waals surface area contributed by atoms with Gasteiger partial charge in [-0.15, -0.1) is 0 Å². The van der Waals surface area contributed by atoms with Crippen LogP contribution in [0.4, 0.5) is 4.39 Å². The Bertz CT molecular complexity index is 276. The summed E-state index contributed by atoms with van der Waals surface area (Å²) in [4.78, 5) is 0. The van der Waals surface area contributed by atoms with Gasteiger partial charge in [-0.3, -0.25) is 0 Å². The van der Waals surface area contributed by atoms with Crippen LogP contribution < -0.4 is 0 Å². The molecule has 0 nitrogen and oxygen atoms in total. The van der Waals surface area contributed by atoms with Crippen LogP contribution in [0, 0.1) is 29.6 Å². The van der Waals surface area contributed by atoms with Crippen molar-refractivity contribution in [2.45, 2.75) is 90.1 Å². The van der Waals surface area contributed by atoms with E-state index < -0.39 is 6.17 Å². The number of alkyl halides is 1. The molecule has 3 atom stereocenters. The molecule has 1 heteroatoms. The third-order valence-corrected chi connectivity index (χ3v) is 6.72. The Hall–Kier alpha value is -0.0700. The minimum Gasteiger partial charge on any atom is -0.247 e. The molecule has 116 valence electrons. The van der Waals surface area contributed by atoms with Gasteiger partial charge in [0.2, 0.25) is 0 Å². The Morgan fingerprint density at radius 1 is 0.600 bits per heavy atom. The van der Waals surface area contributed by atoms with Crippen molar-refractivity contribution in [2.24, 2.45) is 29.6 Å². The molecule has 3 rings (SSSR count). The maximum atomic E-state index is 13.8. The largest absolute Gasteiger partial charge is 0.247 e. The van der Waals surface area contributed by atoms with Gasteiger partial charge in [0.15, 0.2) is 0 Å². The third-order valence-electron chi connectivity index (χ3n) is 6.72. The molecule has 0 heterocycles. The Balaban J connectivity index is 1.48. The summed E-state index contributed by atoms with van der Waals surface area (Å²) in [5, 5.41) is 0. The van der Waals surface area contributed by atoms with E-state index in [9.17, 15) is 4.39 Å². The number of halogens is 1. The van der Waals surface area contributed by atoms with Crippen molar-refractivity contribution in [1.82, 2.24) is 0 Å². The van der Waals surface area contributed by atoms with Crippen LogP contribution in [-0.4, -0.2) is 6.17 Å². The van der Waals surface area contributed by atoms with E-state index in [-0.39, 0.29) is 0 Å². The van der Waals surface area contributed by atoms with Crippen molar-refractivity contribution in [1.29, 1.82) is 0 Å². The fourth-order valence-electron chi connectivity index (χ4n) is 5.65. The van der Waals surface area contributed by atoms with Crippen LogP contribution in [-0.2, 0) is 0 Å². The Kier molecular flexibility index (Phi) is 5.04. The first-order chi connectivity index (χ1) is 9.72. The first-order valence-corrected chi connectivity index (χ1v) is 9.36. The minimum absolute atomic E-state index is 0.500. The summed E-state index contributed by atoms with van der Waals surface area (Å²) < 4.78 is 13.8. The maximum Gasteiger partial charge on any atom is 0.101 e. The molecule has 3 aliphatic carbocycles. The molecule has 3 unspecified atom stereocenters. The monoisotopic (exact) mass is 280 g/mol. The number of hydrogen-bond acceptors (Lipinski definition) is 0. The molecule has 20 heavy (non-hydrogen) atoms. The zero-order valence-electron chi connectivity index (χ0n) is 13.3. The van der Waals surface area contributed by atoms with Gasteiger partial charge in [0.05, 0.1) is 0 Å². The zero-order valence-corrected chi connectivity index (χ0v) is 13.3. The van der Waals surface area contributed by atoms with Crippen molar-refractivity contribution in [2.75, 3.05) is 0 Å². The summed E-state index contributed by atoms with van der Waals surface area (Å²) in [5.41, 5.74) is 0. The predicted octanol–water partition coefficient (Wildman–Crippen LogP) is 6.15. The van der Waals surface area contributed by atoms with Gasteiger partial charge in [0, 0.05) is 0 Å². The van der Waals surface area contributed by atoms with E-state index in [2.05, 4.69) is 6.92 Å². The molecule has 3 fully saturated rings. The molecular formula is C19H33F. The van der Waals surface area contributed by atoms with Gasteiger partial charge in [-0.1, -0.05) is 39.0 Å². The standard InChI is InChI=1S/C19H33F/c1-14-11-18(13-19(20)12-14)17-9-7-16(8-10-17)15-5-3-2-4-6-15/h14-19H,2-13H2,1H3. The van der Waals surface area contributed by atoms with Gasteiger partial charge >= 0.3 is 0 Å². The highest BCUT2D eigenvalue weighted by molar-refractivity contribution is 4.86. The van der Waals surface area contributed by atoms with Crippen molar-refractivity contribution in [3.05, 3.63) is 0 Å². The average Bonchev–Trinajstić information content (AvgIpc) is 2.47. The van der Waals surface area contributed by atoms with Crippen LogP contribution in [0.1, 0.15) is 84.0 Å². The molecule has 0 radical (unpaired) electrons. The highest BCUT2D eigenvalue weighted by atomic mass is 19.1. The smallest absolute Gasteiger partial charge is 0.101 e. The number of rotatable bonds is 2. The summed E-state index contributed by atoms with van der Waals surface area (Å²) >= 11 is 0. The van der Waals surface area contributed by atoms with Crippen molar-refractivity contribution < 1.29 is 4.39 Å². The lowest BCUT2D eigenvalue weighted by Gasteiger charge is -2.41. The lowest BCUT2D eigenvalue weighted by atomic mass is 9.65. The van der Waals surface area contributed by atoms with Gasteiger partial charge in [0.1, 0.15) is 6.17 Å². The van der Waals surface area contributed by atoms with E-state index in [1.165, 1.54) is 64.2 Å². The van der Waals surface area contributed by atoms with Gasteiger partial charge in [-0.25, -0.2) is 4.39 Å². The number of hydrogen-bond donors (Lipinski definition) is 0. The van der Waals surface area contributed by atoms with Crippen LogP contribution in [0.15, 0.2) is 0 Å². The molecule has 0 N–H and O–H groups in total. The fourth-order valence-corrected chi connectivity index (χ4v) is 5.65. The maximum absolute atomic E-state index is 13.8. The van der Waals surface area contributed by atoms with Crippen LogP contribution in [0.2, 0.25) is 0 Å². The minimum atomic E-state index is -0.500.